The summed E-state index contributed by atoms with van der Waals surface area (Å²) in [6.07, 6.45) is 15.9. The molecule has 1 aromatic rings. The van der Waals surface area contributed by atoms with Gasteiger partial charge in [-0.15, -0.1) is 0 Å². The lowest BCUT2D eigenvalue weighted by molar-refractivity contribution is -0.282. The highest BCUT2D eigenvalue weighted by molar-refractivity contribution is 5.77. The Kier molecular flexibility index (Phi) is 12.5. The first-order valence-electron chi connectivity index (χ1n) is 13.1. The summed E-state index contributed by atoms with van der Waals surface area (Å²) in [5.74, 6) is -6.51. The topological polar surface area (TPSA) is 35.5 Å². The summed E-state index contributed by atoms with van der Waals surface area (Å²) in [7, 11) is 0. The Morgan fingerprint density at radius 1 is 0.824 bits per heavy atom. The number of halogens is 2. The number of allylic oxidation sites excluding steroid dienone is 2. The van der Waals surface area contributed by atoms with Gasteiger partial charge in [0.2, 0.25) is 0 Å². The molecule has 0 saturated heterocycles. The van der Waals surface area contributed by atoms with Crippen LogP contribution >= 0.6 is 0 Å². The van der Waals surface area contributed by atoms with E-state index in [1.54, 1.807) is 30.3 Å². The lowest BCUT2D eigenvalue weighted by Gasteiger charge is -2.38. The molecule has 0 radical (unpaired) electrons. The van der Waals surface area contributed by atoms with Crippen molar-refractivity contribution in [3.63, 3.8) is 0 Å². The number of rotatable bonds is 17. The van der Waals surface area contributed by atoms with Gasteiger partial charge >= 0.3 is 17.7 Å². The van der Waals surface area contributed by atoms with Crippen LogP contribution in [0.25, 0.3) is 5.57 Å². The van der Waals surface area contributed by atoms with E-state index in [0.717, 1.165) is 57.4 Å². The quantitative estimate of drug-likeness (QED) is 0.128. The third-order valence-corrected chi connectivity index (χ3v) is 6.21. The highest BCUT2D eigenvalue weighted by atomic mass is 19.3. The lowest BCUT2D eigenvalue weighted by atomic mass is 9.93. The van der Waals surface area contributed by atoms with Crippen LogP contribution in [0, 0.1) is 0 Å². The monoisotopic (exact) mass is 476 g/mol. The van der Waals surface area contributed by atoms with Gasteiger partial charge < -0.3 is 9.47 Å². The summed E-state index contributed by atoms with van der Waals surface area (Å²) in [5.41, 5.74) is 1.07. The molecular weight excluding hydrogens is 434 g/mol. The van der Waals surface area contributed by atoms with Crippen LogP contribution in [0.2, 0.25) is 0 Å². The maximum atomic E-state index is 15.5. The number of carbonyl (C=O) groups excluding carboxylic acids is 1. The van der Waals surface area contributed by atoms with Crippen molar-refractivity contribution in [3.05, 3.63) is 54.1 Å². The van der Waals surface area contributed by atoms with Crippen LogP contribution in [0.5, 0.6) is 0 Å². The first kappa shape index (κ1) is 28.2. The first-order valence-corrected chi connectivity index (χ1v) is 13.1. The van der Waals surface area contributed by atoms with Crippen molar-refractivity contribution in [2.24, 2.45) is 0 Å². The van der Waals surface area contributed by atoms with Gasteiger partial charge in [0, 0.05) is 6.42 Å². The highest BCUT2D eigenvalue weighted by Crippen LogP contribution is 2.42. The van der Waals surface area contributed by atoms with Gasteiger partial charge in [0.25, 0.3) is 0 Å². The number of alkyl halides is 2. The zero-order valence-electron chi connectivity index (χ0n) is 21.0. The van der Waals surface area contributed by atoms with Gasteiger partial charge in [-0.05, 0) is 36.1 Å². The van der Waals surface area contributed by atoms with Crippen LogP contribution in [0.4, 0.5) is 8.78 Å². The van der Waals surface area contributed by atoms with Gasteiger partial charge in [-0.1, -0.05) is 114 Å². The molecule has 1 atom stereocenters. The normalized spacial score (nSPS) is 19.1. The summed E-state index contributed by atoms with van der Waals surface area (Å²) in [6, 6.07) is 9.01. The molecule has 0 aromatic heterocycles. The molecule has 0 saturated carbocycles. The number of ether oxygens (including phenoxy) is 2. The van der Waals surface area contributed by atoms with Crippen molar-refractivity contribution < 1.29 is 23.0 Å². The second-order valence-corrected chi connectivity index (χ2v) is 9.20. The van der Waals surface area contributed by atoms with Crippen LogP contribution in [-0.2, 0) is 14.3 Å². The fourth-order valence-corrected chi connectivity index (χ4v) is 4.12. The Hall–Kier alpha value is -2.01. The van der Waals surface area contributed by atoms with Crippen molar-refractivity contribution in [1.82, 2.24) is 0 Å². The minimum Gasteiger partial charge on any atom is -0.422 e. The average molecular weight is 477 g/mol. The van der Waals surface area contributed by atoms with Crippen LogP contribution in [0.1, 0.15) is 103 Å². The van der Waals surface area contributed by atoms with Crippen molar-refractivity contribution in [3.8, 4) is 0 Å². The molecule has 5 heteroatoms. The zero-order chi connectivity index (χ0) is 24.7. The molecule has 34 heavy (non-hydrogen) atoms. The maximum Gasteiger partial charge on any atom is 0.335 e. The van der Waals surface area contributed by atoms with Crippen molar-refractivity contribution >= 4 is 11.5 Å². The summed E-state index contributed by atoms with van der Waals surface area (Å²) in [6.45, 7) is 4.42. The van der Waals surface area contributed by atoms with E-state index in [1.807, 2.05) is 6.07 Å². The fourth-order valence-electron chi connectivity index (χ4n) is 4.12. The Morgan fingerprint density at radius 3 is 2.03 bits per heavy atom. The molecule has 190 valence electrons. The number of esters is 1. The van der Waals surface area contributed by atoms with Crippen molar-refractivity contribution in [2.45, 2.75) is 109 Å². The van der Waals surface area contributed by atoms with Gasteiger partial charge in [-0.3, -0.25) is 4.79 Å². The standard InChI is InChI=1S/C29H42F2O3/c1-3-5-7-9-11-16-20-27(32)34-29(33-23-17-12-10-8-6-4-2)22-21-26(24-28(29,30)31)25-18-14-13-15-19-25/h13-15,18-19,21-22,24H,3-12,16-17,20,23H2,1-2H3. The lowest BCUT2D eigenvalue weighted by Crippen LogP contribution is -2.52. The Bertz CT molecular complexity index is 773. The molecule has 1 aromatic carbocycles. The van der Waals surface area contributed by atoms with E-state index < -0.39 is 17.7 Å². The number of hydrogen-bond acceptors (Lipinski definition) is 3. The zero-order valence-corrected chi connectivity index (χ0v) is 21.0. The molecule has 0 bridgehead atoms. The van der Waals surface area contributed by atoms with E-state index >= 15 is 8.78 Å². The van der Waals surface area contributed by atoms with Crippen molar-refractivity contribution in [1.29, 1.82) is 0 Å². The van der Waals surface area contributed by atoms with Crippen LogP contribution in [0.3, 0.4) is 0 Å². The molecule has 0 N–H and O–H groups in total. The smallest absolute Gasteiger partial charge is 0.335 e. The van der Waals surface area contributed by atoms with Gasteiger partial charge in [0.1, 0.15) is 0 Å². The van der Waals surface area contributed by atoms with E-state index in [2.05, 4.69) is 13.8 Å². The molecular formula is C29H42F2O3. The van der Waals surface area contributed by atoms with E-state index in [1.165, 1.54) is 18.9 Å². The summed E-state index contributed by atoms with van der Waals surface area (Å²) >= 11 is 0. The average Bonchev–Trinajstić information content (AvgIpc) is 2.83. The number of benzene rings is 1. The van der Waals surface area contributed by atoms with Crippen LogP contribution in [0.15, 0.2) is 48.6 Å². The minimum atomic E-state index is -3.48. The largest absolute Gasteiger partial charge is 0.422 e. The van der Waals surface area contributed by atoms with E-state index in [4.69, 9.17) is 9.47 Å². The molecule has 0 fully saturated rings. The summed E-state index contributed by atoms with van der Waals surface area (Å²) in [5, 5.41) is 0. The molecule has 2 rings (SSSR count). The maximum absolute atomic E-state index is 15.5. The number of hydrogen-bond donors (Lipinski definition) is 0. The first-order chi connectivity index (χ1) is 16.4. The molecule has 0 aliphatic heterocycles. The fraction of sp³-hybridized carbons (Fsp3) is 0.621. The van der Waals surface area contributed by atoms with E-state index in [-0.39, 0.29) is 13.0 Å². The molecule has 1 unspecified atom stereocenters. The SMILES string of the molecule is CCCCCCCCOC1(OC(=O)CCCCCCCC)C=CC(c2ccccc2)=CC1(F)F. The molecule has 3 nitrogen and oxygen atoms in total. The molecule has 1 aliphatic carbocycles. The third-order valence-electron chi connectivity index (χ3n) is 6.21. The number of unbranched alkanes of at least 4 members (excludes halogenated alkanes) is 10. The van der Waals surface area contributed by atoms with Crippen LogP contribution in [-0.4, -0.2) is 24.3 Å². The molecule has 0 heterocycles. The second-order valence-electron chi connectivity index (χ2n) is 9.20. The molecule has 1 aliphatic rings. The molecule has 0 amide bonds. The van der Waals surface area contributed by atoms with Gasteiger partial charge in [-0.25, -0.2) is 0 Å². The third kappa shape index (κ3) is 8.98. The van der Waals surface area contributed by atoms with Gasteiger partial charge in [0.05, 0.1) is 6.61 Å². The summed E-state index contributed by atoms with van der Waals surface area (Å²) < 4.78 is 42.1. The predicted molar refractivity (Wildman–Crippen MR) is 135 cm³/mol. The highest BCUT2D eigenvalue weighted by Gasteiger charge is 2.57. The van der Waals surface area contributed by atoms with E-state index in [0.29, 0.717) is 24.0 Å². The second kappa shape index (κ2) is 15.1. The minimum absolute atomic E-state index is 0.116. The van der Waals surface area contributed by atoms with Crippen molar-refractivity contribution in [2.75, 3.05) is 6.61 Å². The van der Waals surface area contributed by atoms with Gasteiger partial charge in [0.15, 0.2) is 0 Å². The van der Waals surface area contributed by atoms with E-state index in [9.17, 15) is 4.79 Å². The Balaban J connectivity index is 2.03. The van der Waals surface area contributed by atoms with Gasteiger partial charge in [-0.2, -0.15) is 8.78 Å². The van der Waals surface area contributed by atoms with Crippen LogP contribution < -0.4 is 0 Å². The molecule has 0 spiro atoms. The Labute approximate surface area is 204 Å². The predicted octanol–water partition coefficient (Wildman–Crippen LogP) is 8.64. The number of carbonyl (C=O) groups is 1. The Morgan fingerprint density at radius 2 is 1.41 bits per heavy atom. The summed E-state index contributed by atoms with van der Waals surface area (Å²) in [4.78, 5) is 12.6.